The standard InChI is InChI=1S/C23H29N7O2/c24-17-3-1-2-4-18(17)27-23-28-19-9-10-25-22(31)20(19)21(29-23)26-15-5-7-16(8-6-15)30-11-13-32-14-12-30/h5-10,17-18H,1-4,11-14,24H2,(H,25,31)(H2,26,27,28,29)/t17-,18-/m1/s1. The summed E-state index contributed by atoms with van der Waals surface area (Å²) in [5.74, 6) is 0.959. The number of hydrogen-bond acceptors (Lipinski definition) is 8. The number of fused-ring (bicyclic) bond motifs is 1. The molecular formula is C23H29N7O2. The fourth-order valence-corrected chi connectivity index (χ4v) is 4.46. The third kappa shape index (κ3) is 4.39. The number of nitrogens with two attached hydrogens (primary N) is 1. The van der Waals surface area contributed by atoms with Crippen molar-refractivity contribution in [1.29, 1.82) is 0 Å². The number of H-pyrrole nitrogens is 1. The van der Waals surface area contributed by atoms with E-state index in [1.54, 1.807) is 12.3 Å². The SMILES string of the molecule is N[C@@H]1CCCC[C@H]1Nc1nc(Nc2ccc(N3CCOCC3)cc2)c2c(=O)[nH]ccc2n1. The van der Waals surface area contributed by atoms with Crippen molar-refractivity contribution < 1.29 is 4.74 Å². The number of nitrogens with one attached hydrogen (secondary N) is 3. The van der Waals surface area contributed by atoms with Gasteiger partial charge in [0.05, 0.1) is 18.7 Å². The highest BCUT2D eigenvalue weighted by molar-refractivity contribution is 5.91. The maximum absolute atomic E-state index is 12.6. The van der Waals surface area contributed by atoms with Crippen molar-refractivity contribution in [1.82, 2.24) is 15.0 Å². The van der Waals surface area contributed by atoms with Crippen molar-refractivity contribution >= 4 is 34.0 Å². The number of benzene rings is 1. The Morgan fingerprint density at radius 2 is 1.84 bits per heavy atom. The lowest BCUT2D eigenvalue weighted by molar-refractivity contribution is 0.122. The van der Waals surface area contributed by atoms with E-state index in [0.29, 0.717) is 22.7 Å². The molecule has 32 heavy (non-hydrogen) atoms. The first-order valence-electron chi connectivity index (χ1n) is 11.3. The first kappa shape index (κ1) is 20.7. The molecule has 168 valence electrons. The summed E-state index contributed by atoms with van der Waals surface area (Å²) in [6, 6.07) is 10.1. The normalized spacial score (nSPS) is 21.5. The number of morpholine rings is 1. The number of aromatic nitrogens is 3. The molecule has 0 bridgehead atoms. The molecule has 1 aliphatic carbocycles. The number of ether oxygens (including phenoxy) is 1. The van der Waals surface area contributed by atoms with Crippen molar-refractivity contribution in [3.63, 3.8) is 0 Å². The predicted octanol–water partition coefficient (Wildman–Crippen LogP) is 2.58. The number of nitrogens with zero attached hydrogens (tertiary/aromatic N) is 3. The zero-order chi connectivity index (χ0) is 21.9. The molecule has 3 aromatic rings. The van der Waals surface area contributed by atoms with Crippen LogP contribution < -0.4 is 26.8 Å². The fraction of sp³-hybridized carbons (Fsp3) is 0.435. The maximum Gasteiger partial charge on any atom is 0.261 e. The second-order valence-electron chi connectivity index (χ2n) is 8.43. The Kier molecular flexibility index (Phi) is 5.91. The topological polar surface area (TPSA) is 121 Å². The summed E-state index contributed by atoms with van der Waals surface area (Å²) in [7, 11) is 0. The lowest BCUT2D eigenvalue weighted by Gasteiger charge is -2.29. The molecule has 1 aliphatic heterocycles. The van der Waals surface area contributed by atoms with Crippen LogP contribution in [0.15, 0.2) is 41.3 Å². The minimum atomic E-state index is -0.226. The summed E-state index contributed by atoms with van der Waals surface area (Å²) in [4.78, 5) is 26.8. The van der Waals surface area contributed by atoms with Crippen LogP contribution in [-0.4, -0.2) is 53.3 Å². The first-order valence-corrected chi connectivity index (χ1v) is 11.3. The average molecular weight is 436 g/mol. The molecule has 3 heterocycles. The van der Waals surface area contributed by atoms with E-state index >= 15 is 0 Å². The van der Waals surface area contributed by atoms with Crippen molar-refractivity contribution in [2.45, 2.75) is 37.8 Å². The van der Waals surface area contributed by atoms with Crippen LogP contribution in [-0.2, 0) is 4.74 Å². The molecule has 2 atom stereocenters. The van der Waals surface area contributed by atoms with Crippen LogP contribution in [0.2, 0.25) is 0 Å². The molecule has 5 rings (SSSR count). The van der Waals surface area contributed by atoms with Crippen molar-refractivity contribution in [2.75, 3.05) is 41.8 Å². The molecule has 1 saturated heterocycles. The van der Waals surface area contributed by atoms with Gasteiger partial charge in [-0.1, -0.05) is 12.8 Å². The number of anilines is 4. The minimum Gasteiger partial charge on any atom is -0.378 e. The summed E-state index contributed by atoms with van der Waals surface area (Å²) in [5.41, 5.74) is 8.66. The van der Waals surface area contributed by atoms with E-state index in [2.05, 4.69) is 42.6 Å². The lowest BCUT2D eigenvalue weighted by atomic mass is 9.91. The van der Waals surface area contributed by atoms with Crippen molar-refractivity contribution in [2.24, 2.45) is 5.73 Å². The van der Waals surface area contributed by atoms with Gasteiger partial charge in [0.1, 0.15) is 11.2 Å². The van der Waals surface area contributed by atoms with Gasteiger partial charge in [-0.2, -0.15) is 4.98 Å². The lowest BCUT2D eigenvalue weighted by Crippen LogP contribution is -2.43. The van der Waals surface area contributed by atoms with E-state index in [4.69, 9.17) is 10.5 Å². The number of rotatable bonds is 5. The molecule has 9 nitrogen and oxygen atoms in total. The molecule has 5 N–H and O–H groups in total. The van der Waals surface area contributed by atoms with Gasteiger partial charge >= 0.3 is 0 Å². The molecular weight excluding hydrogens is 406 g/mol. The highest BCUT2D eigenvalue weighted by Gasteiger charge is 2.23. The van der Waals surface area contributed by atoms with E-state index in [9.17, 15) is 4.79 Å². The Labute approximate surface area is 186 Å². The Balaban J connectivity index is 1.43. The second kappa shape index (κ2) is 9.13. The third-order valence-corrected chi connectivity index (χ3v) is 6.26. The molecule has 2 aromatic heterocycles. The van der Waals surface area contributed by atoms with Gasteiger partial charge in [-0.05, 0) is 43.2 Å². The molecule has 0 unspecified atom stereocenters. The van der Waals surface area contributed by atoms with Gasteiger partial charge in [0, 0.05) is 42.7 Å². The third-order valence-electron chi connectivity index (χ3n) is 6.26. The Hall–Kier alpha value is -3.17. The number of aromatic amines is 1. The second-order valence-corrected chi connectivity index (χ2v) is 8.43. The van der Waals surface area contributed by atoms with Gasteiger partial charge in [0.15, 0.2) is 0 Å². The molecule has 2 fully saturated rings. The van der Waals surface area contributed by atoms with E-state index < -0.39 is 0 Å². The van der Waals surface area contributed by atoms with E-state index in [1.165, 1.54) is 0 Å². The van der Waals surface area contributed by atoms with Crippen LogP contribution in [0.1, 0.15) is 25.7 Å². The van der Waals surface area contributed by atoms with E-state index in [0.717, 1.165) is 63.4 Å². The first-order chi connectivity index (χ1) is 15.7. The molecule has 0 radical (unpaired) electrons. The van der Waals surface area contributed by atoms with Crippen LogP contribution in [0, 0.1) is 0 Å². The van der Waals surface area contributed by atoms with Crippen LogP contribution in [0.3, 0.4) is 0 Å². The Bertz CT molecular complexity index is 1130. The van der Waals surface area contributed by atoms with Crippen LogP contribution in [0.5, 0.6) is 0 Å². The Morgan fingerprint density at radius 3 is 2.62 bits per heavy atom. The van der Waals surface area contributed by atoms with Crippen LogP contribution in [0.25, 0.3) is 10.9 Å². The molecule has 1 saturated carbocycles. The van der Waals surface area contributed by atoms with Gasteiger partial charge in [-0.25, -0.2) is 4.98 Å². The summed E-state index contributed by atoms with van der Waals surface area (Å²) in [6.07, 6.45) is 5.88. The summed E-state index contributed by atoms with van der Waals surface area (Å²) in [6.45, 7) is 3.26. The van der Waals surface area contributed by atoms with Crippen LogP contribution in [0.4, 0.5) is 23.1 Å². The van der Waals surface area contributed by atoms with Gasteiger partial charge in [-0.3, -0.25) is 4.79 Å². The zero-order valence-electron chi connectivity index (χ0n) is 18.0. The molecule has 0 amide bonds. The van der Waals surface area contributed by atoms with Gasteiger partial charge < -0.3 is 31.0 Å². The molecule has 2 aliphatic rings. The summed E-state index contributed by atoms with van der Waals surface area (Å²) in [5, 5.41) is 7.16. The quantitative estimate of drug-likeness (QED) is 0.483. The van der Waals surface area contributed by atoms with Gasteiger partial charge in [-0.15, -0.1) is 0 Å². The average Bonchev–Trinajstić information content (AvgIpc) is 2.82. The summed E-state index contributed by atoms with van der Waals surface area (Å²) >= 11 is 0. The highest BCUT2D eigenvalue weighted by atomic mass is 16.5. The van der Waals surface area contributed by atoms with Gasteiger partial charge in [0.25, 0.3) is 5.56 Å². The highest BCUT2D eigenvalue weighted by Crippen LogP contribution is 2.26. The monoisotopic (exact) mass is 435 g/mol. The summed E-state index contributed by atoms with van der Waals surface area (Å²) < 4.78 is 5.43. The van der Waals surface area contributed by atoms with Crippen LogP contribution >= 0.6 is 0 Å². The molecule has 0 spiro atoms. The maximum atomic E-state index is 12.6. The zero-order valence-corrected chi connectivity index (χ0v) is 18.0. The number of pyridine rings is 1. The minimum absolute atomic E-state index is 0.0753. The largest absolute Gasteiger partial charge is 0.378 e. The predicted molar refractivity (Wildman–Crippen MR) is 127 cm³/mol. The molecule has 1 aromatic carbocycles. The van der Waals surface area contributed by atoms with E-state index in [-0.39, 0.29) is 17.6 Å². The van der Waals surface area contributed by atoms with E-state index in [1.807, 2.05) is 12.1 Å². The van der Waals surface area contributed by atoms with Crippen molar-refractivity contribution in [3.8, 4) is 0 Å². The fourth-order valence-electron chi connectivity index (χ4n) is 4.46. The van der Waals surface area contributed by atoms with Crippen molar-refractivity contribution in [3.05, 3.63) is 46.9 Å². The molecule has 9 heteroatoms. The van der Waals surface area contributed by atoms with Gasteiger partial charge in [0.2, 0.25) is 5.95 Å². The number of hydrogen-bond donors (Lipinski definition) is 4. The smallest absolute Gasteiger partial charge is 0.261 e. The Morgan fingerprint density at radius 1 is 1.06 bits per heavy atom.